The van der Waals surface area contributed by atoms with Crippen molar-refractivity contribution in [3.63, 3.8) is 0 Å². The Morgan fingerprint density at radius 3 is 3.00 bits per heavy atom. The van der Waals surface area contributed by atoms with Crippen molar-refractivity contribution < 1.29 is 0 Å². The van der Waals surface area contributed by atoms with E-state index in [1.54, 1.807) is 0 Å². The molecule has 0 aliphatic carbocycles. The summed E-state index contributed by atoms with van der Waals surface area (Å²) in [4.78, 5) is 2.56. The van der Waals surface area contributed by atoms with Gasteiger partial charge in [0.1, 0.15) is 0 Å². The van der Waals surface area contributed by atoms with Crippen molar-refractivity contribution in [2.75, 3.05) is 26.7 Å². The summed E-state index contributed by atoms with van der Waals surface area (Å²) < 4.78 is 0. The first-order valence-corrected chi connectivity index (χ1v) is 6.23. The number of aryl methyl sites for hydroxylation is 1. The minimum absolute atomic E-state index is 0.706. The molecule has 1 atom stereocenters. The molecule has 1 unspecified atom stereocenters. The first-order valence-electron chi connectivity index (χ1n) is 6.23. The number of nitrogens with zero attached hydrogens (tertiary/aromatic N) is 1. The minimum atomic E-state index is 0.706. The van der Waals surface area contributed by atoms with E-state index in [-0.39, 0.29) is 0 Å². The highest BCUT2D eigenvalue weighted by Crippen LogP contribution is 2.11. The van der Waals surface area contributed by atoms with E-state index in [2.05, 4.69) is 48.5 Å². The van der Waals surface area contributed by atoms with Crippen molar-refractivity contribution in [1.29, 1.82) is 0 Å². The summed E-state index contributed by atoms with van der Waals surface area (Å²) in [5.74, 6) is 0. The van der Waals surface area contributed by atoms with Crippen LogP contribution in [0.2, 0.25) is 0 Å². The fourth-order valence-electron chi connectivity index (χ4n) is 2.43. The van der Waals surface area contributed by atoms with E-state index in [9.17, 15) is 0 Å². The first-order chi connectivity index (χ1) is 7.78. The van der Waals surface area contributed by atoms with Crippen LogP contribution in [0.3, 0.4) is 0 Å². The maximum absolute atomic E-state index is 3.36. The van der Waals surface area contributed by atoms with Gasteiger partial charge in [-0.05, 0) is 38.9 Å². The molecular formula is C14H22N2. The Morgan fingerprint density at radius 2 is 2.31 bits per heavy atom. The Balaban J connectivity index is 1.80. The fourth-order valence-corrected chi connectivity index (χ4v) is 2.43. The molecule has 1 saturated heterocycles. The summed E-state index contributed by atoms with van der Waals surface area (Å²) >= 11 is 0. The molecule has 0 radical (unpaired) electrons. The van der Waals surface area contributed by atoms with E-state index >= 15 is 0 Å². The van der Waals surface area contributed by atoms with Crippen molar-refractivity contribution in [3.05, 3.63) is 35.4 Å². The molecule has 0 aromatic heterocycles. The standard InChI is InChI=1S/C14H22N2/c1-12-4-3-5-13(10-12)6-8-16-9-7-14(11-16)15-2/h3-5,10,14-15H,6-9,11H2,1-2H3. The van der Waals surface area contributed by atoms with Gasteiger partial charge in [-0.1, -0.05) is 29.8 Å². The van der Waals surface area contributed by atoms with Crippen LogP contribution in [0.4, 0.5) is 0 Å². The highest BCUT2D eigenvalue weighted by atomic mass is 15.2. The van der Waals surface area contributed by atoms with Crippen LogP contribution < -0.4 is 5.32 Å². The number of likely N-dealkylation sites (tertiary alicyclic amines) is 1. The summed E-state index contributed by atoms with van der Waals surface area (Å²) in [5.41, 5.74) is 2.83. The lowest BCUT2D eigenvalue weighted by molar-refractivity contribution is 0.334. The molecule has 1 aliphatic rings. The third-order valence-corrected chi connectivity index (χ3v) is 3.48. The van der Waals surface area contributed by atoms with E-state index in [1.165, 1.54) is 43.6 Å². The lowest BCUT2D eigenvalue weighted by Gasteiger charge is -2.15. The molecule has 1 fully saturated rings. The van der Waals surface area contributed by atoms with Gasteiger partial charge < -0.3 is 10.2 Å². The normalized spacial score (nSPS) is 21.5. The first kappa shape index (κ1) is 11.6. The molecule has 1 aromatic carbocycles. The number of nitrogens with one attached hydrogen (secondary N) is 1. The Bertz CT molecular complexity index is 335. The van der Waals surface area contributed by atoms with Gasteiger partial charge in [-0.3, -0.25) is 0 Å². The van der Waals surface area contributed by atoms with Crippen molar-refractivity contribution in [2.45, 2.75) is 25.8 Å². The minimum Gasteiger partial charge on any atom is -0.316 e. The van der Waals surface area contributed by atoms with Gasteiger partial charge in [0.25, 0.3) is 0 Å². The molecule has 0 spiro atoms. The number of benzene rings is 1. The predicted octanol–water partition coefficient (Wildman–Crippen LogP) is 1.83. The van der Waals surface area contributed by atoms with Crippen LogP contribution in [-0.2, 0) is 6.42 Å². The molecule has 0 amide bonds. The zero-order valence-corrected chi connectivity index (χ0v) is 10.4. The lowest BCUT2D eigenvalue weighted by Crippen LogP contribution is -2.30. The monoisotopic (exact) mass is 218 g/mol. The summed E-state index contributed by atoms with van der Waals surface area (Å²) in [6, 6.07) is 9.56. The quantitative estimate of drug-likeness (QED) is 0.829. The molecule has 2 heteroatoms. The highest BCUT2D eigenvalue weighted by molar-refractivity contribution is 5.22. The molecule has 0 bridgehead atoms. The van der Waals surface area contributed by atoms with Crippen molar-refractivity contribution in [3.8, 4) is 0 Å². The Kier molecular flexibility index (Phi) is 3.97. The van der Waals surface area contributed by atoms with Crippen LogP contribution in [0.5, 0.6) is 0 Å². The van der Waals surface area contributed by atoms with Crippen LogP contribution in [0.25, 0.3) is 0 Å². The predicted molar refractivity (Wildman–Crippen MR) is 68.8 cm³/mol. The Labute approximate surface area is 98.7 Å². The van der Waals surface area contributed by atoms with Crippen LogP contribution in [0.1, 0.15) is 17.5 Å². The van der Waals surface area contributed by atoms with E-state index in [4.69, 9.17) is 0 Å². The van der Waals surface area contributed by atoms with E-state index in [1.807, 2.05) is 0 Å². The van der Waals surface area contributed by atoms with Crippen molar-refractivity contribution >= 4 is 0 Å². The summed E-state index contributed by atoms with van der Waals surface area (Å²) in [6.07, 6.45) is 2.47. The average Bonchev–Trinajstić information content (AvgIpc) is 2.74. The zero-order chi connectivity index (χ0) is 11.4. The molecule has 1 aromatic rings. The number of hydrogen-bond donors (Lipinski definition) is 1. The van der Waals surface area contributed by atoms with Crippen LogP contribution in [0.15, 0.2) is 24.3 Å². The Morgan fingerprint density at radius 1 is 1.44 bits per heavy atom. The van der Waals surface area contributed by atoms with Gasteiger partial charge in [-0.2, -0.15) is 0 Å². The molecule has 2 nitrogen and oxygen atoms in total. The molecule has 1 heterocycles. The SMILES string of the molecule is CNC1CCN(CCc2cccc(C)c2)C1. The molecule has 1 N–H and O–H groups in total. The van der Waals surface area contributed by atoms with Crippen LogP contribution in [-0.4, -0.2) is 37.6 Å². The summed E-state index contributed by atoms with van der Waals surface area (Å²) in [7, 11) is 2.06. The third-order valence-electron chi connectivity index (χ3n) is 3.48. The lowest BCUT2D eigenvalue weighted by atomic mass is 10.1. The third kappa shape index (κ3) is 3.06. The fraction of sp³-hybridized carbons (Fsp3) is 0.571. The van der Waals surface area contributed by atoms with Gasteiger partial charge in [0.2, 0.25) is 0 Å². The van der Waals surface area contributed by atoms with Gasteiger partial charge >= 0.3 is 0 Å². The summed E-state index contributed by atoms with van der Waals surface area (Å²) in [5, 5.41) is 3.36. The second-order valence-corrected chi connectivity index (χ2v) is 4.81. The van der Waals surface area contributed by atoms with E-state index in [0.29, 0.717) is 6.04 Å². The number of hydrogen-bond acceptors (Lipinski definition) is 2. The molecule has 1 aliphatic heterocycles. The molecule has 88 valence electrons. The highest BCUT2D eigenvalue weighted by Gasteiger charge is 2.19. The van der Waals surface area contributed by atoms with Crippen molar-refractivity contribution in [2.24, 2.45) is 0 Å². The average molecular weight is 218 g/mol. The molecule has 16 heavy (non-hydrogen) atoms. The van der Waals surface area contributed by atoms with Gasteiger partial charge in [-0.25, -0.2) is 0 Å². The maximum atomic E-state index is 3.36. The topological polar surface area (TPSA) is 15.3 Å². The number of likely N-dealkylation sites (N-methyl/N-ethyl adjacent to an activating group) is 1. The molecule has 0 saturated carbocycles. The second kappa shape index (κ2) is 5.46. The van der Waals surface area contributed by atoms with Crippen LogP contribution >= 0.6 is 0 Å². The largest absolute Gasteiger partial charge is 0.316 e. The van der Waals surface area contributed by atoms with E-state index < -0.39 is 0 Å². The van der Waals surface area contributed by atoms with Gasteiger partial charge in [0.15, 0.2) is 0 Å². The Hall–Kier alpha value is -0.860. The van der Waals surface area contributed by atoms with Gasteiger partial charge in [-0.15, -0.1) is 0 Å². The smallest absolute Gasteiger partial charge is 0.0204 e. The van der Waals surface area contributed by atoms with Crippen molar-refractivity contribution in [1.82, 2.24) is 10.2 Å². The zero-order valence-electron chi connectivity index (χ0n) is 10.4. The maximum Gasteiger partial charge on any atom is 0.0204 e. The summed E-state index contributed by atoms with van der Waals surface area (Å²) in [6.45, 7) is 5.82. The van der Waals surface area contributed by atoms with E-state index in [0.717, 1.165) is 0 Å². The second-order valence-electron chi connectivity index (χ2n) is 4.81. The van der Waals surface area contributed by atoms with Gasteiger partial charge in [0, 0.05) is 19.1 Å². The number of rotatable bonds is 4. The van der Waals surface area contributed by atoms with Crippen LogP contribution in [0, 0.1) is 6.92 Å². The molecule has 2 rings (SSSR count). The van der Waals surface area contributed by atoms with Gasteiger partial charge in [0.05, 0.1) is 0 Å². The molecular weight excluding hydrogens is 196 g/mol.